The van der Waals surface area contributed by atoms with E-state index in [0.717, 1.165) is 29.1 Å². The Morgan fingerprint density at radius 3 is 2.57 bits per heavy atom. The molecule has 0 fully saturated rings. The van der Waals surface area contributed by atoms with Gasteiger partial charge in [0.1, 0.15) is 5.75 Å². The van der Waals surface area contributed by atoms with Gasteiger partial charge in [-0.05, 0) is 54.9 Å². The van der Waals surface area contributed by atoms with E-state index in [1.807, 2.05) is 30.5 Å². The maximum Gasteiger partial charge on any atom is 0.119 e. The molecule has 1 aromatic heterocycles. The van der Waals surface area contributed by atoms with Gasteiger partial charge >= 0.3 is 0 Å². The minimum absolute atomic E-state index is 0.665. The van der Waals surface area contributed by atoms with Crippen molar-refractivity contribution in [3.8, 4) is 5.75 Å². The zero-order valence-corrected chi connectivity index (χ0v) is 12.0. The fraction of sp³-hybridized carbons (Fsp3) is 0.176. The number of anilines is 2. The predicted molar refractivity (Wildman–Crippen MR) is 87.3 cm³/mol. The Balaban J connectivity index is 1.83. The lowest BCUT2D eigenvalue weighted by Gasteiger charge is -2.08. The van der Waals surface area contributed by atoms with Gasteiger partial charge in [0, 0.05) is 28.5 Å². The number of aromatic amines is 1. The molecule has 4 N–H and O–H groups in total. The van der Waals surface area contributed by atoms with Crippen molar-refractivity contribution >= 4 is 22.3 Å². The number of hydrogen-bond donors (Lipinski definition) is 3. The Morgan fingerprint density at radius 1 is 1.10 bits per heavy atom. The Morgan fingerprint density at radius 2 is 1.86 bits per heavy atom. The van der Waals surface area contributed by atoms with E-state index in [4.69, 9.17) is 10.5 Å². The first-order valence-electron chi connectivity index (χ1n) is 7.01. The molecular weight excluding hydrogens is 262 g/mol. The Kier molecular flexibility index (Phi) is 3.79. The molecule has 0 amide bonds. The highest BCUT2D eigenvalue weighted by molar-refractivity contribution is 5.87. The zero-order valence-electron chi connectivity index (χ0n) is 12.0. The first kappa shape index (κ1) is 13.5. The first-order valence-corrected chi connectivity index (χ1v) is 7.01. The van der Waals surface area contributed by atoms with Crippen LogP contribution in [0.3, 0.4) is 0 Å². The fourth-order valence-electron chi connectivity index (χ4n) is 2.47. The van der Waals surface area contributed by atoms with Gasteiger partial charge in [0.05, 0.1) is 7.11 Å². The van der Waals surface area contributed by atoms with Crippen LogP contribution in [0.2, 0.25) is 0 Å². The van der Waals surface area contributed by atoms with E-state index >= 15 is 0 Å². The van der Waals surface area contributed by atoms with Crippen molar-refractivity contribution in [3.05, 3.63) is 54.2 Å². The normalized spacial score (nSPS) is 10.8. The quantitative estimate of drug-likeness (QED) is 0.671. The predicted octanol–water partition coefficient (Wildman–Crippen LogP) is 3.42. The molecule has 3 rings (SSSR count). The van der Waals surface area contributed by atoms with Crippen molar-refractivity contribution in [2.75, 3.05) is 19.0 Å². The molecule has 0 spiro atoms. The molecule has 4 heteroatoms. The van der Waals surface area contributed by atoms with E-state index in [9.17, 15) is 0 Å². The molecule has 3 aromatic rings. The van der Waals surface area contributed by atoms with Crippen LogP contribution in [0.15, 0.2) is 48.7 Å². The summed E-state index contributed by atoms with van der Waals surface area (Å²) in [6, 6.07) is 14.2. The molecule has 0 bridgehead atoms. The van der Waals surface area contributed by atoms with Crippen LogP contribution in [0.1, 0.15) is 5.56 Å². The standard InChI is InChI=1S/C17H19N3O/c1-21-15-5-2-13(3-6-15)20-14-4-7-16-12(8-9-18)11-19-17(16)10-14/h2-7,10-11,19-20H,8-9,18H2,1H3. The van der Waals surface area contributed by atoms with Gasteiger partial charge < -0.3 is 20.8 Å². The van der Waals surface area contributed by atoms with Gasteiger partial charge in [0.15, 0.2) is 0 Å². The van der Waals surface area contributed by atoms with Crippen LogP contribution >= 0.6 is 0 Å². The van der Waals surface area contributed by atoms with Gasteiger partial charge in [0.25, 0.3) is 0 Å². The Labute approximate surface area is 123 Å². The SMILES string of the molecule is COc1ccc(Nc2ccc3c(CCN)c[nH]c3c2)cc1. The fourth-order valence-corrected chi connectivity index (χ4v) is 2.47. The number of nitrogens with two attached hydrogens (primary N) is 1. The van der Waals surface area contributed by atoms with Gasteiger partial charge in [-0.25, -0.2) is 0 Å². The average molecular weight is 281 g/mol. The van der Waals surface area contributed by atoms with E-state index in [2.05, 4.69) is 28.5 Å². The second kappa shape index (κ2) is 5.89. The summed E-state index contributed by atoms with van der Waals surface area (Å²) in [6.45, 7) is 0.665. The summed E-state index contributed by atoms with van der Waals surface area (Å²) in [4.78, 5) is 3.30. The maximum absolute atomic E-state index is 5.63. The number of ether oxygens (including phenoxy) is 1. The van der Waals surface area contributed by atoms with Crippen LogP contribution in [0.5, 0.6) is 5.75 Å². The number of nitrogens with one attached hydrogen (secondary N) is 2. The van der Waals surface area contributed by atoms with Crippen LogP contribution < -0.4 is 15.8 Å². The lowest BCUT2D eigenvalue weighted by molar-refractivity contribution is 0.415. The zero-order chi connectivity index (χ0) is 14.7. The number of methoxy groups -OCH3 is 1. The minimum Gasteiger partial charge on any atom is -0.497 e. The molecule has 0 saturated heterocycles. The number of hydrogen-bond acceptors (Lipinski definition) is 3. The van der Waals surface area contributed by atoms with Crippen molar-refractivity contribution < 1.29 is 4.74 Å². The van der Waals surface area contributed by atoms with E-state index in [1.54, 1.807) is 7.11 Å². The van der Waals surface area contributed by atoms with Crippen molar-refractivity contribution in [1.29, 1.82) is 0 Å². The molecule has 4 nitrogen and oxygen atoms in total. The van der Waals surface area contributed by atoms with Crippen LogP contribution in [0.4, 0.5) is 11.4 Å². The molecule has 108 valence electrons. The van der Waals surface area contributed by atoms with Gasteiger partial charge in [-0.15, -0.1) is 0 Å². The maximum atomic E-state index is 5.63. The first-order chi connectivity index (χ1) is 10.3. The lowest BCUT2D eigenvalue weighted by atomic mass is 10.1. The summed E-state index contributed by atoms with van der Waals surface area (Å²) in [5.41, 5.74) is 10.1. The smallest absolute Gasteiger partial charge is 0.119 e. The summed E-state index contributed by atoms with van der Waals surface area (Å²) in [5, 5.41) is 4.63. The second-order valence-electron chi connectivity index (χ2n) is 4.97. The summed E-state index contributed by atoms with van der Waals surface area (Å²) >= 11 is 0. The van der Waals surface area contributed by atoms with Crippen LogP contribution in [-0.4, -0.2) is 18.6 Å². The van der Waals surface area contributed by atoms with Crippen molar-refractivity contribution in [1.82, 2.24) is 4.98 Å². The number of fused-ring (bicyclic) bond motifs is 1. The Bertz CT molecular complexity index is 731. The molecule has 0 aliphatic carbocycles. The van der Waals surface area contributed by atoms with E-state index in [-0.39, 0.29) is 0 Å². The monoisotopic (exact) mass is 281 g/mol. The van der Waals surface area contributed by atoms with Gasteiger partial charge in [-0.3, -0.25) is 0 Å². The molecule has 0 saturated carbocycles. The molecular formula is C17H19N3O. The van der Waals surface area contributed by atoms with E-state index in [0.29, 0.717) is 6.54 Å². The van der Waals surface area contributed by atoms with Gasteiger partial charge in [-0.2, -0.15) is 0 Å². The average Bonchev–Trinajstić information content (AvgIpc) is 2.91. The highest BCUT2D eigenvalue weighted by atomic mass is 16.5. The third-order valence-electron chi connectivity index (χ3n) is 3.56. The second-order valence-corrected chi connectivity index (χ2v) is 4.97. The Hall–Kier alpha value is -2.46. The molecule has 0 radical (unpaired) electrons. The van der Waals surface area contributed by atoms with Crippen LogP contribution in [0, 0.1) is 0 Å². The molecule has 0 aliphatic heterocycles. The van der Waals surface area contributed by atoms with Gasteiger partial charge in [-0.1, -0.05) is 6.07 Å². The molecule has 21 heavy (non-hydrogen) atoms. The third kappa shape index (κ3) is 2.85. The number of H-pyrrole nitrogens is 1. The van der Waals surface area contributed by atoms with Crippen LogP contribution in [0.25, 0.3) is 10.9 Å². The van der Waals surface area contributed by atoms with Crippen molar-refractivity contribution in [2.45, 2.75) is 6.42 Å². The highest BCUT2D eigenvalue weighted by Crippen LogP contribution is 2.25. The van der Waals surface area contributed by atoms with E-state index in [1.165, 1.54) is 10.9 Å². The summed E-state index contributed by atoms with van der Waals surface area (Å²) < 4.78 is 5.16. The molecule has 2 aromatic carbocycles. The minimum atomic E-state index is 0.665. The number of aromatic nitrogens is 1. The summed E-state index contributed by atoms with van der Waals surface area (Å²) in [5.74, 6) is 0.854. The van der Waals surface area contributed by atoms with Crippen LogP contribution in [-0.2, 0) is 6.42 Å². The van der Waals surface area contributed by atoms with Gasteiger partial charge in [0.2, 0.25) is 0 Å². The number of rotatable bonds is 5. The third-order valence-corrected chi connectivity index (χ3v) is 3.56. The summed E-state index contributed by atoms with van der Waals surface area (Å²) in [7, 11) is 1.67. The van der Waals surface area contributed by atoms with Crippen molar-refractivity contribution in [3.63, 3.8) is 0 Å². The largest absolute Gasteiger partial charge is 0.497 e. The lowest BCUT2D eigenvalue weighted by Crippen LogP contribution is -2.01. The topological polar surface area (TPSA) is 63.1 Å². The number of benzene rings is 2. The molecule has 0 atom stereocenters. The molecule has 0 aliphatic rings. The van der Waals surface area contributed by atoms with Crippen molar-refractivity contribution in [2.24, 2.45) is 5.73 Å². The molecule has 0 unspecified atom stereocenters. The molecule has 1 heterocycles. The summed E-state index contributed by atoms with van der Waals surface area (Å²) in [6.07, 6.45) is 2.93. The highest BCUT2D eigenvalue weighted by Gasteiger charge is 2.04. The van der Waals surface area contributed by atoms with E-state index < -0.39 is 0 Å².